The first-order valence-electron chi connectivity index (χ1n) is 9.28. The maximum Gasteiger partial charge on any atom is 0.472 e. The van der Waals surface area contributed by atoms with Crippen LogP contribution in [0.5, 0.6) is 0 Å². The fraction of sp³-hybridized carbons (Fsp3) is 0.143. The molecule has 0 aliphatic heterocycles. The molecule has 0 spiro atoms. The molecule has 0 bridgehead atoms. The Morgan fingerprint density at radius 1 is 1.00 bits per heavy atom. The standard InChI is InChI=1S/C21H18F3N5O3/c22-21(23,24)20(32)28-27-18(30)15-6-7-16(26-12-15)13-29(17-4-2-1-3-5-17)19(31)14-8-10-25-11-9-14/h1-12,19,31H,13H2,(H,27,30)(H,28,32). The van der Waals surface area contributed by atoms with Gasteiger partial charge in [0, 0.05) is 29.8 Å². The fourth-order valence-electron chi connectivity index (χ4n) is 2.74. The first kappa shape index (κ1) is 22.7. The van der Waals surface area contributed by atoms with Gasteiger partial charge in [0.2, 0.25) is 0 Å². The van der Waals surface area contributed by atoms with Gasteiger partial charge in [-0.3, -0.25) is 30.4 Å². The summed E-state index contributed by atoms with van der Waals surface area (Å²) < 4.78 is 36.6. The van der Waals surface area contributed by atoms with Crippen LogP contribution in [-0.4, -0.2) is 33.1 Å². The second-order valence-corrected chi connectivity index (χ2v) is 6.56. The predicted octanol–water partition coefficient (Wildman–Crippen LogP) is 2.50. The van der Waals surface area contributed by atoms with Crippen LogP contribution in [-0.2, 0) is 11.3 Å². The molecule has 0 radical (unpaired) electrons. The molecule has 1 aromatic carbocycles. The van der Waals surface area contributed by atoms with Gasteiger partial charge in [0.1, 0.15) is 0 Å². The third-order valence-corrected chi connectivity index (χ3v) is 4.35. The minimum Gasteiger partial charge on any atom is -0.369 e. The van der Waals surface area contributed by atoms with E-state index < -0.39 is 24.2 Å². The summed E-state index contributed by atoms with van der Waals surface area (Å²) >= 11 is 0. The smallest absolute Gasteiger partial charge is 0.369 e. The number of nitrogens with one attached hydrogen (secondary N) is 2. The van der Waals surface area contributed by atoms with Gasteiger partial charge in [0.15, 0.2) is 6.23 Å². The van der Waals surface area contributed by atoms with E-state index in [1.165, 1.54) is 17.6 Å². The van der Waals surface area contributed by atoms with Crippen LogP contribution in [0.2, 0.25) is 0 Å². The van der Waals surface area contributed by atoms with E-state index in [0.29, 0.717) is 11.3 Å². The Morgan fingerprint density at radius 3 is 2.28 bits per heavy atom. The molecule has 3 rings (SSSR count). The maximum atomic E-state index is 12.2. The Bertz CT molecular complexity index is 1050. The molecule has 3 N–H and O–H groups in total. The lowest BCUT2D eigenvalue weighted by molar-refractivity contribution is -0.174. The van der Waals surface area contributed by atoms with E-state index in [2.05, 4.69) is 9.97 Å². The highest BCUT2D eigenvalue weighted by atomic mass is 19.4. The molecule has 166 valence electrons. The summed E-state index contributed by atoms with van der Waals surface area (Å²) in [5.74, 6) is -3.25. The number of anilines is 1. The minimum atomic E-state index is -5.12. The quantitative estimate of drug-likeness (QED) is 0.398. The number of hydrogen-bond acceptors (Lipinski definition) is 6. The molecular weight excluding hydrogens is 427 g/mol. The summed E-state index contributed by atoms with van der Waals surface area (Å²) in [6.07, 6.45) is -1.85. The van der Waals surface area contributed by atoms with Crippen molar-refractivity contribution in [2.75, 3.05) is 4.90 Å². The lowest BCUT2D eigenvalue weighted by Crippen LogP contribution is -2.47. The van der Waals surface area contributed by atoms with Crippen molar-refractivity contribution in [1.82, 2.24) is 20.8 Å². The number of carbonyl (C=O) groups excluding carboxylic acids is 2. The number of hydrazine groups is 1. The van der Waals surface area contributed by atoms with E-state index in [4.69, 9.17) is 0 Å². The monoisotopic (exact) mass is 445 g/mol. The summed E-state index contributed by atoms with van der Waals surface area (Å²) in [6, 6.07) is 15.3. The molecule has 1 atom stereocenters. The molecule has 2 aromatic heterocycles. The molecule has 0 saturated heterocycles. The number of aromatic nitrogens is 2. The highest BCUT2D eigenvalue weighted by molar-refractivity contribution is 5.95. The zero-order valence-corrected chi connectivity index (χ0v) is 16.5. The van der Waals surface area contributed by atoms with Crippen LogP contribution in [0.3, 0.4) is 0 Å². The van der Waals surface area contributed by atoms with Gasteiger partial charge in [0.25, 0.3) is 5.91 Å². The summed E-state index contributed by atoms with van der Waals surface area (Å²) in [5.41, 5.74) is 4.72. The minimum absolute atomic E-state index is 0.0582. The van der Waals surface area contributed by atoms with E-state index in [-0.39, 0.29) is 12.1 Å². The Kier molecular flexibility index (Phi) is 7.00. The first-order valence-corrected chi connectivity index (χ1v) is 9.28. The molecule has 1 unspecified atom stereocenters. The van der Waals surface area contributed by atoms with Gasteiger partial charge in [-0.05, 0) is 36.4 Å². The van der Waals surface area contributed by atoms with Crippen molar-refractivity contribution in [2.45, 2.75) is 18.9 Å². The Labute approximate surface area is 180 Å². The van der Waals surface area contributed by atoms with Crippen molar-refractivity contribution in [3.05, 3.63) is 90.0 Å². The number of halogens is 3. The van der Waals surface area contributed by atoms with Gasteiger partial charge in [-0.25, -0.2) is 0 Å². The van der Waals surface area contributed by atoms with Gasteiger partial charge >= 0.3 is 12.1 Å². The summed E-state index contributed by atoms with van der Waals surface area (Å²) in [6.45, 7) is 0.167. The van der Waals surface area contributed by atoms with Crippen LogP contribution in [0.25, 0.3) is 0 Å². The van der Waals surface area contributed by atoms with Gasteiger partial charge in [-0.2, -0.15) is 13.2 Å². The van der Waals surface area contributed by atoms with Crippen LogP contribution in [0.1, 0.15) is 27.8 Å². The van der Waals surface area contributed by atoms with Gasteiger partial charge in [0.05, 0.1) is 17.8 Å². The third-order valence-electron chi connectivity index (χ3n) is 4.35. The van der Waals surface area contributed by atoms with Crippen LogP contribution in [0.15, 0.2) is 73.2 Å². The number of aliphatic hydroxyl groups is 1. The number of benzene rings is 1. The first-order chi connectivity index (χ1) is 15.3. The van der Waals surface area contributed by atoms with Crippen molar-refractivity contribution in [2.24, 2.45) is 0 Å². The van der Waals surface area contributed by atoms with E-state index in [1.807, 2.05) is 30.3 Å². The van der Waals surface area contributed by atoms with E-state index in [9.17, 15) is 27.9 Å². The molecule has 0 saturated carbocycles. The SMILES string of the molecule is O=C(NNC(=O)C(F)(F)F)c1ccc(CN(c2ccccc2)C(O)c2ccncc2)nc1. The highest BCUT2D eigenvalue weighted by Gasteiger charge is 2.39. The molecule has 0 aliphatic carbocycles. The molecule has 32 heavy (non-hydrogen) atoms. The Hall–Kier alpha value is -3.99. The Balaban J connectivity index is 1.73. The average Bonchev–Trinajstić information content (AvgIpc) is 2.81. The summed E-state index contributed by atoms with van der Waals surface area (Å²) in [7, 11) is 0. The predicted molar refractivity (Wildman–Crippen MR) is 108 cm³/mol. The topological polar surface area (TPSA) is 107 Å². The van der Waals surface area contributed by atoms with Crippen LogP contribution >= 0.6 is 0 Å². The number of rotatable bonds is 6. The number of pyridine rings is 2. The normalized spacial score (nSPS) is 12.0. The van der Waals surface area contributed by atoms with Gasteiger partial charge in [-0.1, -0.05) is 18.2 Å². The van der Waals surface area contributed by atoms with Crippen molar-refractivity contribution >= 4 is 17.5 Å². The number of nitrogens with zero attached hydrogens (tertiary/aromatic N) is 3. The second kappa shape index (κ2) is 9.88. The molecule has 0 aliphatic rings. The van der Waals surface area contributed by atoms with Crippen LogP contribution in [0, 0.1) is 0 Å². The van der Waals surface area contributed by atoms with Crippen molar-refractivity contribution in [3.63, 3.8) is 0 Å². The van der Waals surface area contributed by atoms with E-state index in [1.54, 1.807) is 34.9 Å². The fourth-order valence-corrected chi connectivity index (χ4v) is 2.74. The summed E-state index contributed by atoms with van der Waals surface area (Å²) in [4.78, 5) is 32.5. The summed E-state index contributed by atoms with van der Waals surface area (Å²) in [5, 5.41) is 10.9. The lowest BCUT2D eigenvalue weighted by atomic mass is 10.1. The molecule has 3 aromatic rings. The van der Waals surface area contributed by atoms with Crippen molar-refractivity contribution in [3.8, 4) is 0 Å². The zero-order chi connectivity index (χ0) is 23.1. The van der Waals surface area contributed by atoms with Gasteiger partial charge < -0.3 is 10.0 Å². The maximum absolute atomic E-state index is 12.2. The highest BCUT2D eigenvalue weighted by Crippen LogP contribution is 2.26. The largest absolute Gasteiger partial charge is 0.472 e. The van der Waals surface area contributed by atoms with Crippen LogP contribution < -0.4 is 15.8 Å². The zero-order valence-electron chi connectivity index (χ0n) is 16.5. The van der Waals surface area contributed by atoms with Crippen molar-refractivity contribution in [1.29, 1.82) is 0 Å². The molecular formula is C21H18F3N5O3. The number of amides is 2. The van der Waals surface area contributed by atoms with Crippen LogP contribution in [0.4, 0.5) is 18.9 Å². The second-order valence-electron chi connectivity index (χ2n) is 6.56. The van der Waals surface area contributed by atoms with Gasteiger partial charge in [-0.15, -0.1) is 0 Å². The number of para-hydroxylation sites is 1. The molecule has 2 amide bonds. The molecule has 11 heteroatoms. The average molecular weight is 445 g/mol. The van der Waals surface area contributed by atoms with E-state index in [0.717, 1.165) is 11.9 Å². The molecule has 0 fully saturated rings. The number of carbonyl (C=O) groups is 2. The third kappa shape index (κ3) is 5.79. The van der Waals surface area contributed by atoms with E-state index >= 15 is 0 Å². The van der Waals surface area contributed by atoms with Crippen molar-refractivity contribution < 1.29 is 27.9 Å². The molecule has 8 nitrogen and oxygen atoms in total. The number of alkyl halides is 3. The number of hydrogen-bond donors (Lipinski definition) is 3. The Morgan fingerprint density at radius 2 is 1.69 bits per heavy atom. The lowest BCUT2D eigenvalue weighted by Gasteiger charge is -2.30. The number of aliphatic hydroxyl groups excluding tert-OH is 1. The molecule has 2 heterocycles.